The summed E-state index contributed by atoms with van der Waals surface area (Å²) in [6, 6.07) is 18.3. The molecule has 6 nitrogen and oxygen atoms in total. The monoisotopic (exact) mass is 471 g/mol. The molecule has 2 fully saturated rings. The van der Waals surface area contributed by atoms with E-state index in [4.69, 9.17) is 9.47 Å². The van der Waals surface area contributed by atoms with Gasteiger partial charge in [0, 0.05) is 18.7 Å². The number of rotatable bonds is 6. The number of fused-ring (bicyclic) bond motifs is 1. The number of hydrogen-bond acceptors (Lipinski definition) is 5. The fourth-order valence-corrected chi connectivity index (χ4v) is 5.16. The van der Waals surface area contributed by atoms with E-state index in [2.05, 4.69) is 0 Å². The fourth-order valence-electron chi connectivity index (χ4n) is 5.16. The van der Waals surface area contributed by atoms with Gasteiger partial charge >= 0.3 is 0 Å². The number of ether oxygens (including phenoxy) is 2. The van der Waals surface area contributed by atoms with Gasteiger partial charge in [-0.3, -0.25) is 9.59 Å². The average molecular weight is 472 g/mol. The van der Waals surface area contributed by atoms with Crippen molar-refractivity contribution in [2.75, 3.05) is 19.8 Å². The minimum absolute atomic E-state index is 0.105. The van der Waals surface area contributed by atoms with Crippen molar-refractivity contribution in [2.24, 2.45) is 0 Å². The summed E-state index contributed by atoms with van der Waals surface area (Å²) in [5, 5.41) is 13.4. The van der Waals surface area contributed by atoms with Crippen molar-refractivity contribution in [2.45, 2.75) is 38.8 Å². The summed E-state index contributed by atoms with van der Waals surface area (Å²) in [5.41, 5.74) is 2.23. The zero-order chi connectivity index (χ0) is 24.5. The van der Waals surface area contributed by atoms with Crippen LogP contribution in [-0.4, -0.2) is 47.6 Å². The van der Waals surface area contributed by atoms with Gasteiger partial charge < -0.3 is 19.5 Å². The molecule has 2 saturated heterocycles. The van der Waals surface area contributed by atoms with Gasteiger partial charge in [-0.25, -0.2) is 0 Å². The molecule has 0 aliphatic carbocycles. The minimum Gasteiger partial charge on any atom is -0.507 e. The summed E-state index contributed by atoms with van der Waals surface area (Å²) in [6.45, 7) is 5.28. The molecule has 2 unspecified atom stereocenters. The molecular weight excluding hydrogens is 442 g/mol. The third-order valence-electron chi connectivity index (χ3n) is 6.83. The Bertz CT molecular complexity index is 1320. The first kappa shape index (κ1) is 23.1. The summed E-state index contributed by atoms with van der Waals surface area (Å²) in [7, 11) is 0. The summed E-state index contributed by atoms with van der Waals surface area (Å²) in [5.74, 6) is -0.747. The standard InChI is InChI=1S/C29H29NO5/c1-3-34-24-14-13-20(16-18(24)2)27(31)25-26(23-12-6-9-19-8-4-5-11-22(19)23)30(29(33)28(25)32)17-21-10-7-15-35-21/h4-6,8-9,11-14,16,21,26,31H,3,7,10,15,17H2,1-2H3/b27-25-. The lowest BCUT2D eigenvalue weighted by Gasteiger charge is -2.28. The summed E-state index contributed by atoms with van der Waals surface area (Å²) in [4.78, 5) is 28.3. The van der Waals surface area contributed by atoms with E-state index in [9.17, 15) is 14.7 Å². The lowest BCUT2D eigenvalue weighted by Crippen LogP contribution is -2.36. The maximum atomic E-state index is 13.4. The Morgan fingerprint density at radius 3 is 2.66 bits per heavy atom. The van der Waals surface area contributed by atoms with Crippen LogP contribution in [0.5, 0.6) is 5.75 Å². The Morgan fingerprint density at radius 1 is 1.11 bits per heavy atom. The fraction of sp³-hybridized carbons (Fsp3) is 0.310. The molecule has 6 heteroatoms. The number of aliphatic hydroxyl groups is 1. The van der Waals surface area contributed by atoms with Gasteiger partial charge in [0.25, 0.3) is 11.7 Å². The SMILES string of the molecule is CCOc1ccc(/C(O)=C2/C(=O)C(=O)N(CC3CCCO3)C2c2cccc3ccccc23)cc1C. The van der Waals surface area contributed by atoms with Crippen molar-refractivity contribution < 1.29 is 24.2 Å². The van der Waals surface area contributed by atoms with Gasteiger partial charge in [-0.1, -0.05) is 42.5 Å². The quantitative estimate of drug-likeness (QED) is 0.306. The number of carbonyl (C=O) groups excluding carboxylic acids is 2. The molecule has 3 aromatic rings. The van der Waals surface area contributed by atoms with Gasteiger partial charge in [0.2, 0.25) is 0 Å². The number of aryl methyl sites for hydroxylation is 1. The van der Waals surface area contributed by atoms with Crippen molar-refractivity contribution in [1.82, 2.24) is 4.90 Å². The number of nitrogens with zero attached hydrogens (tertiary/aromatic N) is 1. The molecule has 0 radical (unpaired) electrons. The molecule has 2 aliphatic rings. The molecule has 2 heterocycles. The Balaban J connectivity index is 1.68. The number of amides is 1. The van der Waals surface area contributed by atoms with E-state index in [0.29, 0.717) is 31.1 Å². The Kier molecular flexibility index (Phi) is 6.31. The summed E-state index contributed by atoms with van der Waals surface area (Å²) < 4.78 is 11.4. The number of carbonyl (C=O) groups is 2. The predicted octanol–water partition coefficient (Wildman–Crippen LogP) is 5.15. The molecule has 1 N–H and O–H groups in total. The van der Waals surface area contributed by atoms with Gasteiger partial charge in [-0.2, -0.15) is 0 Å². The molecule has 0 aromatic heterocycles. The molecule has 1 amide bonds. The van der Waals surface area contributed by atoms with Gasteiger partial charge in [0.1, 0.15) is 11.5 Å². The lowest BCUT2D eigenvalue weighted by atomic mass is 9.91. The molecule has 2 atom stereocenters. The molecule has 0 saturated carbocycles. The minimum atomic E-state index is -0.711. The molecule has 0 bridgehead atoms. The smallest absolute Gasteiger partial charge is 0.295 e. The van der Waals surface area contributed by atoms with E-state index in [-0.39, 0.29) is 17.4 Å². The third-order valence-corrected chi connectivity index (χ3v) is 6.83. The van der Waals surface area contributed by atoms with Crippen LogP contribution < -0.4 is 4.74 Å². The van der Waals surface area contributed by atoms with Crippen LogP contribution in [0.15, 0.2) is 66.2 Å². The van der Waals surface area contributed by atoms with Crippen LogP contribution in [0.25, 0.3) is 16.5 Å². The zero-order valence-electron chi connectivity index (χ0n) is 20.0. The first-order valence-electron chi connectivity index (χ1n) is 12.1. The summed E-state index contributed by atoms with van der Waals surface area (Å²) in [6.07, 6.45) is 1.64. The normalized spacial score (nSPS) is 21.7. The van der Waals surface area contributed by atoms with Crippen molar-refractivity contribution in [3.05, 3.63) is 82.9 Å². The Morgan fingerprint density at radius 2 is 1.91 bits per heavy atom. The van der Waals surface area contributed by atoms with E-state index in [1.165, 1.54) is 0 Å². The molecule has 2 aliphatic heterocycles. The molecule has 180 valence electrons. The maximum Gasteiger partial charge on any atom is 0.295 e. The van der Waals surface area contributed by atoms with Gasteiger partial charge in [-0.05, 0) is 66.8 Å². The number of benzene rings is 3. The second-order valence-corrected chi connectivity index (χ2v) is 9.07. The van der Waals surface area contributed by atoms with Gasteiger partial charge in [0.15, 0.2) is 0 Å². The Hall–Kier alpha value is -3.64. The highest BCUT2D eigenvalue weighted by molar-refractivity contribution is 6.46. The maximum absolute atomic E-state index is 13.4. The lowest BCUT2D eigenvalue weighted by molar-refractivity contribution is -0.140. The highest BCUT2D eigenvalue weighted by atomic mass is 16.5. The van der Waals surface area contributed by atoms with Crippen LogP contribution >= 0.6 is 0 Å². The van der Waals surface area contributed by atoms with E-state index in [0.717, 1.165) is 34.7 Å². The summed E-state index contributed by atoms with van der Waals surface area (Å²) >= 11 is 0. The number of ketones is 1. The molecule has 35 heavy (non-hydrogen) atoms. The van der Waals surface area contributed by atoms with Crippen LogP contribution in [0.1, 0.15) is 42.5 Å². The molecular formula is C29H29NO5. The number of aliphatic hydroxyl groups excluding tert-OH is 1. The third kappa shape index (κ3) is 4.19. The van der Waals surface area contributed by atoms with Gasteiger partial charge in [0.05, 0.1) is 24.3 Å². The number of hydrogen-bond donors (Lipinski definition) is 1. The van der Waals surface area contributed by atoms with Crippen molar-refractivity contribution in [3.8, 4) is 5.75 Å². The van der Waals surface area contributed by atoms with Crippen molar-refractivity contribution in [1.29, 1.82) is 0 Å². The second-order valence-electron chi connectivity index (χ2n) is 9.07. The van der Waals surface area contributed by atoms with Crippen LogP contribution in [0.2, 0.25) is 0 Å². The van der Waals surface area contributed by atoms with Crippen LogP contribution in [-0.2, 0) is 14.3 Å². The predicted molar refractivity (Wildman–Crippen MR) is 134 cm³/mol. The Labute approximate surface area is 204 Å². The van der Waals surface area contributed by atoms with Crippen LogP contribution in [0, 0.1) is 6.92 Å². The van der Waals surface area contributed by atoms with E-state index in [1.807, 2.05) is 56.3 Å². The molecule has 5 rings (SSSR count). The largest absolute Gasteiger partial charge is 0.507 e. The second kappa shape index (κ2) is 9.55. The first-order chi connectivity index (χ1) is 17.0. The topological polar surface area (TPSA) is 76.1 Å². The van der Waals surface area contributed by atoms with Crippen molar-refractivity contribution >= 4 is 28.2 Å². The molecule has 3 aromatic carbocycles. The zero-order valence-corrected chi connectivity index (χ0v) is 20.0. The van der Waals surface area contributed by atoms with E-state index in [1.54, 1.807) is 23.1 Å². The van der Waals surface area contributed by atoms with Crippen molar-refractivity contribution in [3.63, 3.8) is 0 Å². The first-order valence-corrected chi connectivity index (χ1v) is 12.1. The van der Waals surface area contributed by atoms with E-state index < -0.39 is 17.7 Å². The molecule has 0 spiro atoms. The van der Waals surface area contributed by atoms with E-state index >= 15 is 0 Å². The number of Topliss-reactive ketones (excluding diaryl/α,β-unsaturated/α-hetero) is 1. The van der Waals surface area contributed by atoms with Gasteiger partial charge in [-0.15, -0.1) is 0 Å². The average Bonchev–Trinajstić information content (AvgIpc) is 3.47. The number of likely N-dealkylation sites (tertiary alicyclic amines) is 1. The highest BCUT2D eigenvalue weighted by Crippen LogP contribution is 2.42. The van der Waals surface area contributed by atoms with Crippen LogP contribution in [0.4, 0.5) is 0 Å². The van der Waals surface area contributed by atoms with Crippen LogP contribution in [0.3, 0.4) is 0 Å². The highest BCUT2D eigenvalue weighted by Gasteiger charge is 2.47.